The average Bonchev–Trinajstić information content (AvgIpc) is 2.37. The van der Waals surface area contributed by atoms with Gasteiger partial charge in [-0.05, 0) is 18.4 Å². The van der Waals surface area contributed by atoms with Crippen LogP contribution >= 0.6 is 0 Å². The van der Waals surface area contributed by atoms with E-state index in [0.717, 1.165) is 18.4 Å². The first-order valence-corrected chi connectivity index (χ1v) is 6.40. The van der Waals surface area contributed by atoms with Gasteiger partial charge in [0.1, 0.15) is 0 Å². The van der Waals surface area contributed by atoms with Crippen molar-refractivity contribution < 1.29 is 4.79 Å². The lowest BCUT2D eigenvalue weighted by atomic mass is 9.62. The topological polar surface area (TPSA) is 90.9 Å². The van der Waals surface area contributed by atoms with Crippen LogP contribution in [0.2, 0.25) is 0 Å². The lowest BCUT2D eigenvalue weighted by Crippen LogP contribution is -2.52. The third kappa shape index (κ3) is 3.04. The van der Waals surface area contributed by atoms with Crippen LogP contribution in [0.3, 0.4) is 0 Å². The first-order valence-electron chi connectivity index (χ1n) is 6.40. The largest absolute Gasteiger partial charge is 0.352 e. The Balaban J connectivity index is 1.80. The van der Waals surface area contributed by atoms with E-state index in [1.54, 1.807) is 0 Å². The highest BCUT2D eigenvalue weighted by Crippen LogP contribution is 2.43. The van der Waals surface area contributed by atoms with Gasteiger partial charge in [0.15, 0.2) is 0 Å². The fourth-order valence-electron chi connectivity index (χ4n) is 2.54. The van der Waals surface area contributed by atoms with Crippen molar-refractivity contribution in [3.05, 3.63) is 35.9 Å². The SMILES string of the molecule is N#CC1(c2ccccc2)CC(NCCNC(N)=O)C1. The monoisotopic (exact) mass is 258 g/mol. The lowest BCUT2D eigenvalue weighted by molar-refractivity contribution is 0.226. The molecule has 0 saturated heterocycles. The highest BCUT2D eigenvalue weighted by atomic mass is 16.2. The van der Waals surface area contributed by atoms with E-state index < -0.39 is 6.03 Å². The molecular weight excluding hydrogens is 240 g/mol. The third-order valence-corrected chi connectivity index (χ3v) is 3.59. The maximum atomic E-state index is 10.5. The number of nitrogens with two attached hydrogens (primary N) is 1. The number of rotatable bonds is 5. The van der Waals surface area contributed by atoms with E-state index >= 15 is 0 Å². The second kappa shape index (κ2) is 5.72. The fourth-order valence-corrected chi connectivity index (χ4v) is 2.54. The number of primary amides is 1. The summed E-state index contributed by atoms with van der Waals surface area (Å²) in [6.07, 6.45) is 1.62. The molecule has 0 aliphatic heterocycles. The summed E-state index contributed by atoms with van der Waals surface area (Å²) in [7, 11) is 0. The normalized spacial score (nSPS) is 25.1. The zero-order chi connectivity index (χ0) is 13.7. The molecule has 0 spiro atoms. The number of nitriles is 1. The van der Waals surface area contributed by atoms with Crippen LogP contribution in [0.5, 0.6) is 0 Å². The van der Waals surface area contributed by atoms with Crippen LogP contribution in [0.1, 0.15) is 18.4 Å². The molecule has 5 nitrogen and oxygen atoms in total. The number of nitrogens with one attached hydrogen (secondary N) is 2. The highest BCUT2D eigenvalue weighted by Gasteiger charge is 2.45. The Morgan fingerprint density at radius 3 is 2.63 bits per heavy atom. The molecule has 1 aliphatic carbocycles. The molecule has 1 saturated carbocycles. The maximum absolute atomic E-state index is 10.5. The van der Waals surface area contributed by atoms with Gasteiger partial charge in [-0.25, -0.2) is 4.79 Å². The number of hydrogen-bond acceptors (Lipinski definition) is 3. The Kier molecular flexibility index (Phi) is 4.03. The van der Waals surface area contributed by atoms with Gasteiger partial charge in [-0.15, -0.1) is 0 Å². The predicted octanol–water partition coefficient (Wildman–Crippen LogP) is 0.868. The number of hydrogen-bond donors (Lipinski definition) is 3. The number of urea groups is 1. The van der Waals surface area contributed by atoms with E-state index in [1.165, 1.54) is 0 Å². The molecule has 0 heterocycles. The number of carbonyl (C=O) groups excluding carboxylic acids is 1. The second-order valence-electron chi connectivity index (χ2n) is 4.91. The van der Waals surface area contributed by atoms with Gasteiger partial charge in [0.25, 0.3) is 0 Å². The van der Waals surface area contributed by atoms with Crippen molar-refractivity contribution >= 4 is 6.03 Å². The van der Waals surface area contributed by atoms with Crippen LogP contribution in [0.15, 0.2) is 30.3 Å². The van der Waals surface area contributed by atoms with Crippen LogP contribution in [0.4, 0.5) is 4.79 Å². The summed E-state index contributed by atoms with van der Waals surface area (Å²) in [5.74, 6) is 0. The minimum Gasteiger partial charge on any atom is -0.352 e. The molecule has 0 atom stereocenters. The summed E-state index contributed by atoms with van der Waals surface area (Å²) in [5, 5.41) is 15.2. The van der Waals surface area contributed by atoms with Crippen molar-refractivity contribution in [1.29, 1.82) is 5.26 Å². The molecule has 1 aromatic rings. The van der Waals surface area contributed by atoms with E-state index in [0.29, 0.717) is 19.1 Å². The molecule has 2 rings (SSSR count). The van der Waals surface area contributed by atoms with Gasteiger partial charge >= 0.3 is 6.03 Å². The van der Waals surface area contributed by atoms with Crippen LogP contribution < -0.4 is 16.4 Å². The van der Waals surface area contributed by atoms with Crippen molar-refractivity contribution in [2.75, 3.05) is 13.1 Å². The van der Waals surface area contributed by atoms with Gasteiger partial charge in [-0.3, -0.25) is 0 Å². The molecule has 1 aromatic carbocycles. The summed E-state index contributed by atoms with van der Waals surface area (Å²) < 4.78 is 0. The minimum absolute atomic E-state index is 0.328. The molecule has 1 fully saturated rings. The summed E-state index contributed by atoms with van der Waals surface area (Å²) in [4.78, 5) is 10.5. The Morgan fingerprint density at radius 1 is 1.37 bits per heavy atom. The first kappa shape index (κ1) is 13.4. The molecule has 2 amide bonds. The molecule has 0 aromatic heterocycles. The highest BCUT2D eigenvalue weighted by molar-refractivity contribution is 5.71. The smallest absolute Gasteiger partial charge is 0.312 e. The molecule has 19 heavy (non-hydrogen) atoms. The van der Waals surface area contributed by atoms with Gasteiger partial charge in [0.2, 0.25) is 0 Å². The number of carbonyl (C=O) groups is 1. The number of amides is 2. The summed E-state index contributed by atoms with van der Waals surface area (Å²) in [5.41, 5.74) is 5.71. The van der Waals surface area contributed by atoms with Crippen molar-refractivity contribution in [2.45, 2.75) is 24.3 Å². The zero-order valence-electron chi connectivity index (χ0n) is 10.7. The van der Waals surface area contributed by atoms with E-state index in [9.17, 15) is 10.1 Å². The van der Waals surface area contributed by atoms with E-state index in [4.69, 9.17) is 5.73 Å². The van der Waals surface area contributed by atoms with Crippen LogP contribution in [0, 0.1) is 11.3 Å². The molecule has 100 valence electrons. The van der Waals surface area contributed by atoms with Gasteiger partial charge in [-0.2, -0.15) is 5.26 Å². The number of nitrogens with zero attached hydrogens (tertiary/aromatic N) is 1. The maximum Gasteiger partial charge on any atom is 0.312 e. The molecule has 0 bridgehead atoms. The Bertz CT molecular complexity index is 474. The summed E-state index contributed by atoms with van der Waals surface area (Å²) in [6.45, 7) is 1.18. The van der Waals surface area contributed by atoms with Gasteiger partial charge in [0.05, 0.1) is 11.5 Å². The van der Waals surface area contributed by atoms with Crippen molar-refractivity contribution in [3.8, 4) is 6.07 Å². The standard InChI is InChI=1S/C14H18N4O/c15-10-14(11-4-2-1-3-5-11)8-12(9-14)17-6-7-18-13(16)19/h1-5,12,17H,6-9H2,(H3,16,18,19). The Morgan fingerprint density at radius 2 is 2.05 bits per heavy atom. The molecule has 4 N–H and O–H groups in total. The fraction of sp³-hybridized carbons (Fsp3) is 0.429. The number of benzene rings is 1. The molecule has 1 aliphatic rings. The molecular formula is C14H18N4O. The van der Waals surface area contributed by atoms with Crippen molar-refractivity contribution in [3.63, 3.8) is 0 Å². The first-order chi connectivity index (χ1) is 9.16. The van der Waals surface area contributed by atoms with Crippen LogP contribution in [0.25, 0.3) is 0 Å². The quantitative estimate of drug-likeness (QED) is 0.684. The summed E-state index contributed by atoms with van der Waals surface area (Å²) >= 11 is 0. The zero-order valence-corrected chi connectivity index (χ0v) is 10.7. The van der Waals surface area contributed by atoms with Gasteiger partial charge in [0, 0.05) is 19.1 Å². The predicted molar refractivity (Wildman–Crippen MR) is 72.3 cm³/mol. The second-order valence-corrected chi connectivity index (χ2v) is 4.91. The van der Waals surface area contributed by atoms with Crippen molar-refractivity contribution in [1.82, 2.24) is 10.6 Å². The Labute approximate surface area is 112 Å². The van der Waals surface area contributed by atoms with E-state index in [-0.39, 0.29) is 5.41 Å². The van der Waals surface area contributed by atoms with Gasteiger partial charge < -0.3 is 16.4 Å². The van der Waals surface area contributed by atoms with Crippen LogP contribution in [-0.4, -0.2) is 25.2 Å². The minimum atomic E-state index is -0.508. The summed E-state index contributed by atoms with van der Waals surface area (Å²) in [6, 6.07) is 12.2. The Hall–Kier alpha value is -2.06. The third-order valence-electron chi connectivity index (χ3n) is 3.59. The molecule has 0 unspecified atom stereocenters. The van der Waals surface area contributed by atoms with Crippen LogP contribution in [-0.2, 0) is 5.41 Å². The molecule has 0 radical (unpaired) electrons. The van der Waals surface area contributed by atoms with Crippen molar-refractivity contribution in [2.24, 2.45) is 5.73 Å². The lowest BCUT2D eigenvalue weighted by Gasteiger charge is -2.43. The molecule has 5 heteroatoms. The van der Waals surface area contributed by atoms with E-state index in [2.05, 4.69) is 16.7 Å². The van der Waals surface area contributed by atoms with E-state index in [1.807, 2.05) is 30.3 Å². The van der Waals surface area contributed by atoms with Gasteiger partial charge in [-0.1, -0.05) is 30.3 Å². The average molecular weight is 258 g/mol.